The summed E-state index contributed by atoms with van der Waals surface area (Å²) < 4.78 is 57.9. The highest BCUT2D eigenvalue weighted by molar-refractivity contribution is 6.39. The molecule has 4 aromatic rings. The summed E-state index contributed by atoms with van der Waals surface area (Å²) in [5.74, 6) is -0.0379. The first-order valence-electron chi connectivity index (χ1n) is 14.2. The predicted molar refractivity (Wildman–Crippen MR) is 167 cm³/mol. The van der Waals surface area contributed by atoms with E-state index in [2.05, 4.69) is 10.1 Å². The Morgan fingerprint density at radius 3 is 2.27 bits per heavy atom. The molecule has 1 aliphatic carbocycles. The van der Waals surface area contributed by atoms with Crippen LogP contribution >= 0.6 is 23.2 Å². The molecule has 0 unspecified atom stereocenters. The molecular formula is C33H33Cl2F3N2O4. The number of halogens is 5. The molecule has 0 N–H and O–H groups in total. The number of aromatic nitrogens is 2. The second-order valence-corrected chi connectivity index (χ2v) is 9.88. The highest BCUT2D eigenvalue weighted by Gasteiger charge is 2.36. The summed E-state index contributed by atoms with van der Waals surface area (Å²) in [5.41, 5.74) is 0.898. The van der Waals surface area contributed by atoms with Crippen molar-refractivity contribution >= 4 is 41.3 Å². The first-order valence-corrected chi connectivity index (χ1v) is 14.9. The third-order valence-electron chi connectivity index (χ3n) is 6.26. The molecule has 2 heterocycles. The summed E-state index contributed by atoms with van der Waals surface area (Å²) in [7, 11) is 1.25. The van der Waals surface area contributed by atoms with Crippen molar-refractivity contribution in [3.05, 3.63) is 98.4 Å². The minimum atomic E-state index is -4.75. The maximum atomic E-state index is 14.0. The van der Waals surface area contributed by atoms with Crippen LogP contribution in [0.3, 0.4) is 0 Å². The standard InChI is InChI=1S/C29H21Cl2F3N2O4.2C2H6/c1-38-28(37)19-5-2-4-16(14-19)8-9-18-12-13-23(35-27(18)29(32,33)34)39-15-20-25(36-40-26(20)17-10-11-17)24-21(30)6-3-7-22(24)31;2*1-2/h2-9,12-14,17H,10-11,15H2,1H3;2*1-2H3/b9-8+;;. The molecule has 0 atom stereocenters. The zero-order valence-electron chi connectivity index (χ0n) is 25.0. The molecule has 2 aromatic carbocycles. The minimum Gasteiger partial charge on any atom is -0.473 e. The molecule has 5 rings (SSSR count). The van der Waals surface area contributed by atoms with Gasteiger partial charge in [0.05, 0.1) is 28.3 Å². The number of carbonyl (C=O) groups excluding carboxylic acids is 1. The van der Waals surface area contributed by atoms with Gasteiger partial charge >= 0.3 is 12.1 Å². The SMILES string of the molecule is CC.CC.COC(=O)c1cccc(/C=C/c2ccc(OCc3c(-c4c(Cl)cccc4Cl)noc3C3CC3)nc2C(F)(F)F)c1. The Morgan fingerprint density at radius 2 is 1.66 bits per heavy atom. The molecule has 0 amide bonds. The average Bonchev–Trinajstić information content (AvgIpc) is 3.80. The summed E-state index contributed by atoms with van der Waals surface area (Å²) in [6.45, 7) is 7.85. The number of nitrogens with zero attached hydrogens (tertiary/aromatic N) is 2. The van der Waals surface area contributed by atoms with Crippen LogP contribution in [0.5, 0.6) is 5.88 Å². The lowest BCUT2D eigenvalue weighted by atomic mass is 10.0. The van der Waals surface area contributed by atoms with Crippen molar-refractivity contribution in [2.45, 2.75) is 59.2 Å². The van der Waals surface area contributed by atoms with Gasteiger partial charge in [-0.1, -0.05) is 86.4 Å². The van der Waals surface area contributed by atoms with Crippen molar-refractivity contribution in [2.75, 3.05) is 7.11 Å². The number of ether oxygens (including phenoxy) is 2. The van der Waals surface area contributed by atoms with Crippen LogP contribution in [0, 0.1) is 0 Å². The van der Waals surface area contributed by atoms with E-state index in [1.807, 2.05) is 27.7 Å². The summed E-state index contributed by atoms with van der Waals surface area (Å²) in [6.07, 6.45) is -0.216. The quantitative estimate of drug-likeness (QED) is 0.177. The van der Waals surface area contributed by atoms with Gasteiger partial charge in [-0.2, -0.15) is 13.2 Å². The fourth-order valence-corrected chi connectivity index (χ4v) is 4.74. The molecule has 234 valence electrons. The van der Waals surface area contributed by atoms with Crippen molar-refractivity contribution in [3.8, 4) is 17.1 Å². The second kappa shape index (κ2) is 15.8. The maximum Gasteiger partial charge on any atom is 0.434 e. The molecule has 0 saturated heterocycles. The molecule has 0 radical (unpaired) electrons. The molecule has 1 saturated carbocycles. The van der Waals surface area contributed by atoms with E-state index < -0.39 is 17.8 Å². The Labute approximate surface area is 264 Å². The summed E-state index contributed by atoms with van der Waals surface area (Å²) in [5, 5.41) is 4.88. The number of pyridine rings is 1. The molecule has 1 fully saturated rings. The first-order chi connectivity index (χ1) is 21.2. The number of hydrogen-bond donors (Lipinski definition) is 0. The van der Waals surface area contributed by atoms with Crippen molar-refractivity contribution in [1.29, 1.82) is 0 Å². The van der Waals surface area contributed by atoms with Crippen LogP contribution in [-0.2, 0) is 17.5 Å². The van der Waals surface area contributed by atoms with Crippen LogP contribution in [0.4, 0.5) is 13.2 Å². The van der Waals surface area contributed by atoms with Gasteiger partial charge in [-0.3, -0.25) is 0 Å². The third kappa shape index (κ3) is 8.42. The smallest absolute Gasteiger partial charge is 0.434 e. The second-order valence-electron chi connectivity index (χ2n) is 9.07. The Morgan fingerprint density at radius 1 is 1.00 bits per heavy atom. The zero-order chi connectivity index (χ0) is 32.4. The molecule has 6 nitrogen and oxygen atoms in total. The zero-order valence-corrected chi connectivity index (χ0v) is 26.5. The van der Waals surface area contributed by atoms with Crippen LogP contribution in [0.1, 0.15) is 85.0 Å². The number of alkyl halides is 3. The van der Waals surface area contributed by atoms with E-state index in [9.17, 15) is 18.0 Å². The molecule has 2 aromatic heterocycles. The van der Waals surface area contributed by atoms with Crippen LogP contribution in [-0.4, -0.2) is 23.2 Å². The van der Waals surface area contributed by atoms with E-state index in [1.165, 1.54) is 37.5 Å². The topological polar surface area (TPSA) is 74.5 Å². The fourth-order valence-electron chi connectivity index (χ4n) is 4.16. The van der Waals surface area contributed by atoms with E-state index >= 15 is 0 Å². The minimum absolute atomic E-state index is 0.144. The maximum absolute atomic E-state index is 14.0. The van der Waals surface area contributed by atoms with Crippen molar-refractivity contribution in [2.24, 2.45) is 0 Å². The van der Waals surface area contributed by atoms with Gasteiger partial charge in [0.1, 0.15) is 18.1 Å². The van der Waals surface area contributed by atoms with Crippen molar-refractivity contribution < 1.29 is 32.0 Å². The highest BCUT2D eigenvalue weighted by Crippen LogP contribution is 2.46. The van der Waals surface area contributed by atoms with Gasteiger partial charge in [-0.25, -0.2) is 9.78 Å². The van der Waals surface area contributed by atoms with Gasteiger partial charge in [0.15, 0.2) is 5.69 Å². The van der Waals surface area contributed by atoms with E-state index in [-0.39, 0.29) is 29.5 Å². The summed E-state index contributed by atoms with van der Waals surface area (Å²) in [4.78, 5) is 15.5. The first kappa shape index (κ1) is 34.7. The van der Waals surface area contributed by atoms with E-state index in [1.54, 1.807) is 36.4 Å². The normalized spacial score (nSPS) is 12.6. The monoisotopic (exact) mass is 648 g/mol. The van der Waals surface area contributed by atoms with E-state index in [4.69, 9.17) is 37.2 Å². The molecule has 0 spiro atoms. The summed E-state index contributed by atoms with van der Waals surface area (Å²) in [6, 6.07) is 14.0. The summed E-state index contributed by atoms with van der Waals surface area (Å²) >= 11 is 12.8. The van der Waals surface area contributed by atoms with Gasteiger partial charge in [-0.05, 0) is 48.7 Å². The molecule has 1 aliphatic rings. The third-order valence-corrected chi connectivity index (χ3v) is 6.89. The highest BCUT2D eigenvalue weighted by atomic mass is 35.5. The predicted octanol–water partition coefficient (Wildman–Crippen LogP) is 10.5. The van der Waals surface area contributed by atoms with E-state index in [0.717, 1.165) is 12.8 Å². The largest absolute Gasteiger partial charge is 0.473 e. The number of hydrogen-bond acceptors (Lipinski definition) is 6. The average molecular weight is 650 g/mol. The Kier molecular flexibility index (Phi) is 12.4. The van der Waals surface area contributed by atoms with Crippen LogP contribution < -0.4 is 4.74 Å². The van der Waals surface area contributed by atoms with Gasteiger partial charge in [0, 0.05) is 23.1 Å². The molecule has 11 heteroatoms. The lowest BCUT2D eigenvalue weighted by molar-refractivity contribution is -0.141. The number of esters is 1. The Balaban J connectivity index is 0.00000127. The number of methoxy groups -OCH3 is 1. The van der Waals surface area contributed by atoms with Gasteiger partial charge in [0.2, 0.25) is 5.88 Å². The van der Waals surface area contributed by atoms with Gasteiger partial charge in [0.25, 0.3) is 0 Å². The fraction of sp³-hybridized carbons (Fsp3) is 0.303. The van der Waals surface area contributed by atoms with Crippen molar-refractivity contribution in [3.63, 3.8) is 0 Å². The molecular weight excluding hydrogens is 616 g/mol. The van der Waals surface area contributed by atoms with Crippen LogP contribution in [0.2, 0.25) is 10.0 Å². The Bertz CT molecular complexity index is 1580. The van der Waals surface area contributed by atoms with Crippen LogP contribution in [0.25, 0.3) is 23.4 Å². The van der Waals surface area contributed by atoms with E-state index in [0.29, 0.717) is 38.2 Å². The lowest BCUT2D eigenvalue weighted by Crippen LogP contribution is -2.12. The van der Waals surface area contributed by atoms with Crippen LogP contribution in [0.15, 0.2) is 59.1 Å². The Hall–Kier alpha value is -3.82. The van der Waals surface area contributed by atoms with Gasteiger partial charge in [-0.15, -0.1) is 0 Å². The number of carbonyl (C=O) groups is 1. The lowest BCUT2D eigenvalue weighted by Gasteiger charge is -2.13. The molecule has 0 aliphatic heterocycles. The van der Waals surface area contributed by atoms with Crippen molar-refractivity contribution in [1.82, 2.24) is 10.1 Å². The number of rotatable bonds is 8. The van der Waals surface area contributed by atoms with Gasteiger partial charge < -0.3 is 14.0 Å². The molecule has 44 heavy (non-hydrogen) atoms. The molecule has 0 bridgehead atoms. The number of benzene rings is 2.